The van der Waals surface area contributed by atoms with Crippen LogP contribution >= 0.6 is 0 Å². The molecule has 1 aromatic rings. The van der Waals surface area contributed by atoms with Gasteiger partial charge in [0.15, 0.2) is 0 Å². The number of sulfonamides is 1. The number of hydrogen-bond donors (Lipinski definition) is 1. The fourth-order valence-corrected chi connectivity index (χ4v) is 3.95. The van der Waals surface area contributed by atoms with E-state index in [1.54, 1.807) is 16.6 Å². The monoisotopic (exact) mass is 307 g/mol. The molecule has 1 aromatic heterocycles. The summed E-state index contributed by atoms with van der Waals surface area (Å²) in [6.45, 7) is 5.65. The Morgan fingerprint density at radius 2 is 2.24 bits per heavy atom. The minimum absolute atomic E-state index is 0.204. The highest BCUT2D eigenvalue weighted by Crippen LogP contribution is 2.28. The quantitative estimate of drug-likeness (QED) is 0.847. The van der Waals surface area contributed by atoms with Crippen molar-refractivity contribution in [3.8, 4) is 11.8 Å². The Labute approximate surface area is 126 Å². The van der Waals surface area contributed by atoms with E-state index in [9.17, 15) is 8.42 Å². The molecule has 0 aromatic carbocycles. The number of nitrogens with zero attached hydrogens (tertiary/aromatic N) is 2. The van der Waals surface area contributed by atoms with Gasteiger partial charge in [0.05, 0.1) is 6.54 Å². The van der Waals surface area contributed by atoms with E-state index in [0.717, 1.165) is 6.42 Å². The zero-order valence-electron chi connectivity index (χ0n) is 12.4. The molecule has 2 N–H and O–H groups in total. The molecule has 1 aliphatic rings. The van der Waals surface area contributed by atoms with Crippen molar-refractivity contribution in [2.45, 2.75) is 25.2 Å². The van der Waals surface area contributed by atoms with Gasteiger partial charge < -0.3 is 5.73 Å². The van der Waals surface area contributed by atoms with Crippen LogP contribution in [-0.4, -0.2) is 37.3 Å². The lowest BCUT2D eigenvalue weighted by molar-refractivity contribution is 0.388. The van der Waals surface area contributed by atoms with E-state index in [-0.39, 0.29) is 11.4 Å². The molecule has 0 bridgehead atoms. The van der Waals surface area contributed by atoms with E-state index in [2.05, 4.69) is 30.7 Å². The number of hydrogen-bond acceptors (Lipinski definition) is 4. The SMILES string of the molecule is CC(C)C1CCN(S(=O)(=O)c2cncc(C#CCN)c2)C1. The van der Waals surface area contributed by atoms with Crippen molar-refractivity contribution < 1.29 is 8.42 Å². The number of pyridine rings is 1. The zero-order chi connectivity index (χ0) is 15.5. The van der Waals surface area contributed by atoms with Gasteiger partial charge in [-0.15, -0.1) is 0 Å². The normalized spacial score (nSPS) is 19.5. The zero-order valence-corrected chi connectivity index (χ0v) is 13.2. The Balaban J connectivity index is 2.24. The molecule has 0 spiro atoms. The standard InChI is InChI=1S/C15H21N3O2S/c1-12(2)14-5-7-18(11-14)21(19,20)15-8-13(4-3-6-16)9-17-10-15/h8-10,12,14H,5-7,11,16H2,1-2H3. The van der Waals surface area contributed by atoms with Crippen molar-refractivity contribution >= 4 is 10.0 Å². The van der Waals surface area contributed by atoms with Gasteiger partial charge >= 0.3 is 0 Å². The highest BCUT2D eigenvalue weighted by atomic mass is 32.2. The summed E-state index contributed by atoms with van der Waals surface area (Å²) in [4.78, 5) is 4.18. The first kappa shape index (κ1) is 16.0. The molecule has 1 fully saturated rings. The molecule has 21 heavy (non-hydrogen) atoms. The molecule has 114 valence electrons. The van der Waals surface area contributed by atoms with Crippen molar-refractivity contribution in [3.63, 3.8) is 0 Å². The Kier molecular flexibility index (Phi) is 4.99. The van der Waals surface area contributed by atoms with Crippen LogP contribution in [0.2, 0.25) is 0 Å². The molecular formula is C15H21N3O2S. The fourth-order valence-electron chi connectivity index (χ4n) is 2.45. The topological polar surface area (TPSA) is 76.3 Å². The molecule has 2 heterocycles. The van der Waals surface area contributed by atoms with Gasteiger partial charge in [0, 0.05) is 31.0 Å². The second kappa shape index (κ2) is 6.56. The third-order valence-corrected chi connectivity index (χ3v) is 5.65. The van der Waals surface area contributed by atoms with Crippen molar-refractivity contribution in [3.05, 3.63) is 24.0 Å². The third kappa shape index (κ3) is 3.62. The molecule has 6 heteroatoms. The highest BCUT2D eigenvalue weighted by Gasteiger charge is 2.33. The van der Waals surface area contributed by atoms with Gasteiger partial charge in [0.25, 0.3) is 0 Å². The first-order chi connectivity index (χ1) is 9.95. The van der Waals surface area contributed by atoms with E-state index < -0.39 is 10.0 Å². The van der Waals surface area contributed by atoms with E-state index in [1.807, 2.05) is 0 Å². The maximum Gasteiger partial charge on any atom is 0.244 e. The smallest absolute Gasteiger partial charge is 0.244 e. The largest absolute Gasteiger partial charge is 0.320 e. The first-order valence-electron chi connectivity index (χ1n) is 7.09. The Morgan fingerprint density at radius 1 is 1.48 bits per heavy atom. The minimum atomic E-state index is -3.48. The summed E-state index contributed by atoms with van der Waals surface area (Å²) in [6.07, 6.45) is 3.84. The maximum atomic E-state index is 12.6. The average molecular weight is 307 g/mol. The van der Waals surface area contributed by atoms with Crippen LogP contribution in [0, 0.1) is 23.7 Å². The first-order valence-corrected chi connectivity index (χ1v) is 8.53. The molecular weight excluding hydrogens is 286 g/mol. The Morgan fingerprint density at radius 3 is 2.86 bits per heavy atom. The molecule has 0 aliphatic carbocycles. The minimum Gasteiger partial charge on any atom is -0.320 e. The van der Waals surface area contributed by atoms with Crippen LogP contribution in [0.5, 0.6) is 0 Å². The molecule has 0 amide bonds. The summed E-state index contributed by atoms with van der Waals surface area (Å²) >= 11 is 0. The molecule has 1 unspecified atom stereocenters. The lowest BCUT2D eigenvalue weighted by Gasteiger charge is -2.18. The van der Waals surface area contributed by atoms with Gasteiger partial charge in [-0.1, -0.05) is 25.7 Å². The number of aromatic nitrogens is 1. The summed E-state index contributed by atoms with van der Waals surface area (Å²) in [5.74, 6) is 6.43. The summed E-state index contributed by atoms with van der Waals surface area (Å²) in [7, 11) is -3.48. The second-order valence-electron chi connectivity index (χ2n) is 5.57. The van der Waals surface area contributed by atoms with Crippen LogP contribution in [-0.2, 0) is 10.0 Å². The van der Waals surface area contributed by atoms with Crippen LogP contribution < -0.4 is 5.73 Å². The van der Waals surface area contributed by atoms with Crippen molar-refractivity contribution in [1.82, 2.24) is 9.29 Å². The molecule has 2 rings (SSSR count). The van der Waals surface area contributed by atoms with Crippen LogP contribution in [0.3, 0.4) is 0 Å². The number of rotatable bonds is 3. The maximum absolute atomic E-state index is 12.6. The Hall–Kier alpha value is -1.42. The number of nitrogens with two attached hydrogens (primary N) is 1. The molecule has 1 saturated heterocycles. The van der Waals surface area contributed by atoms with E-state index >= 15 is 0 Å². The van der Waals surface area contributed by atoms with Gasteiger partial charge in [-0.25, -0.2) is 8.42 Å². The van der Waals surface area contributed by atoms with Crippen LogP contribution in [0.15, 0.2) is 23.4 Å². The van der Waals surface area contributed by atoms with Gasteiger partial charge in [-0.2, -0.15) is 4.31 Å². The predicted octanol–water partition coefficient (Wildman–Crippen LogP) is 1.06. The molecule has 5 nitrogen and oxygen atoms in total. The van der Waals surface area contributed by atoms with E-state index in [4.69, 9.17) is 5.73 Å². The Bertz CT molecular complexity index is 659. The van der Waals surface area contributed by atoms with Crippen molar-refractivity contribution in [1.29, 1.82) is 0 Å². The van der Waals surface area contributed by atoms with E-state index in [0.29, 0.717) is 30.5 Å². The van der Waals surface area contributed by atoms with Gasteiger partial charge in [0.1, 0.15) is 4.90 Å². The van der Waals surface area contributed by atoms with Crippen molar-refractivity contribution in [2.24, 2.45) is 17.6 Å². The lowest BCUT2D eigenvalue weighted by Crippen LogP contribution is -2.29. The van der Waals surface area contributed by atoms with Gasteiger partial charge in [0.2, 0.25) is 10.0 Å². The van der Waals surface area contributed by atoms with Crippen LogP contribution in [0.25, 0.3) is 0 Å². The summed E-state index contributed by atoms with van der Waals surface area (Å²) < 4.78 is 26.8. The second-order valence-corrected chi connectivity index (χ2v) is 7.51. The molecule has 0 radical (unpaired) electrons. The summed E-state index contributed by atoms with van der Waals surface area (Å²) in [5.41, 5.74) is 5.89. The van der Waals surface area contributed by atoms with Gasteiger partial charge in [-0.3, -0.25) is 4.98 Å². The predicted molar refractivity (Wildman–Crippen MR) is 81.9 cm³/mol. The molecule has 1 aliphatic heterocycles. The fraction of sp³-hybridized carbons (Fsp3) is 0.533. The molecule has 1 atom stereocenters. The summed E-state index contributed by atoms with van der Waals surface area (Å²) in [6, 6.07) is 1.56. The van der Waals surface area contributed by atoms with Gasteiger partial charge in [-0.05, 0) is 24.3 Å². The lowest BCUT2D eigenvalue weighted by atomic mass is 9.96. The van der Waals surface area contributed by atoms with E-state index in [1.165, 1.54) is 6.20 Å². The third-order valence-electron chi connectivity index (χ3n) is 3.82. The summed E-state index contributed by atoms with van der Waals surface area (Å²) in [5, 5.41) is 0. The van der Waals surface area contributed by atoms with Crippen molar-refractivity contribution in [2.75, 3.05) is 19.6 Å². The average Bonchev–Trinajstić information content (AvgIpc) is 2.96. The highest BCUT2D eigenvalue weighted by molar-refractivity contribution is 7.89. The molecule has 0 saturated carbocycles. The van der Waals surface area contributed by atoms with Crippen LogP contribution in [0.4, 0.5) is 0 Å². The van der Waals surface area contributed by atoms with Crippen LogP contribution in [0.1, 0.15) is 25.8 Å².